The normalized spacial score (nSPS) is 35.1. The third-order valence-corrected chi connectivity index (χ3v) is 16.9. The van der Waals surface area contributed by atoms with Crippen LogP contribution in [0.4, 0.5) is 0 Å². The highest BCUT2D eigenvalue weighted by atomic mass is 35.5. The molecule has 5 aliphatic carbocycles. The number of ketones is 1. The van der Waals surface area contributed by atoms with E-state index in [0.29, 0.717) is 23.3 Å². The third-order valence-electron chi connectivity index (χ3n) is 16.5. The van der Waals surface area contributed by atoms with E-state index in [0.717, 1.165) is 62.5 Å². The van der Waals surface area contributed by atoms with Gasteiger partial charge < -0.3 is 14.8 Å². The molecule has 9 atom stereocenters. The van der Waals surface area contributed by atoms with Crippen LogP contribution in [0.25, 0.3) is 0 Å². The molecule has 4 fully saturated rings. The molecule has 1 aromatic carbocycles. The van der Waals surface area contributed by atoms with E-state index in [-0.39, 0.29) is 75.7 Å². The maximum atomic E-state index is 14.1. The van der Waals surface area contributed by atoms with E-state index in [4.69, 9.17) is 21.1 Å². The monoisotopic (exact) mass is 818 g/mol. The number of rotatable bonds is 9. The van der Waals surface area contributed by atoms with Gasteiger partial charge in [0.1, 0.15) is 11.7 Å². The summed E-state index contributed by atoms with van der Waals surface area (Å²) in [6.45, 7) is 27.6. The lowest BCUT2D eigenvalue weighted by atomic mass is 9.33. The van der Waals surface area contributed by atoms with Crippen molar-refractivity contribution < 1.29 is 28.7 Å². The number of hydrogen-bond acceptors (Lipinski definition) is 6. The fraction of sp³-hybridized carbons (Fsp3) is 0.720. The molecule has 0 unspecified atom stereocenters. The van der Waals surface area contributed by atoms with Crippen molar-refractivity contribution in [3.8, 4) is 0 Å². The zero-order valence-corrected chi connectivity index (χ0v) is 38.6. The quantitative estimate of drug-likeness (QED) is 0.197. The molecule has 1 aromatic rings. The molecule has 5 aliphatic rings. The first-order chi connectivity index (χ1) is 26.7. The molecule has 1 N–H and O–H groups in total. The topological polar surface area (TPSA) is 98.8 Å². The van der Waals surface area contributed by atoms with Crippen LogP contribution >= 0.6 is 11.6 Å². The Balaban J connectivity index is 1.23. The molecular formula is C50H72ClNO6. The van der Waals surface area contributed by atoms with Gasteiger partial charge in [-0.1, -0.05) is 84.3 Å². The van der Waals surface area contributed by atoms with Gasteiger partial charge in [-0.15, -0.1) is 0 Å². The Hall–Kier alpha value is -2.93. The first-order valence-corrected chi connectivity index (χ1v) is 22.5. The van der Waals surface area contributed by atoms with Gasteiger partial charge in [0, 0.05) is 22.3 Å². The summed E-state index contributed by atoms with van der Waals surface area (Å²) in [5, 5.41) is 3.75. The van der Waals surface area contributed by atoms with Crippen molar-refractivity contribution >= 4 is 35.2 Å². The fourth-order valence-electron chi connectivity index (χ4n) is 13.5. The van der Waals surface area contributed by atoms with Crippen molar-refractivity contribution in [2.24, 2.45) is 56.2 Å². The molecule has 0 spiro atoms. The Kier molecular flexibility index (Phi) is 11.7. The molecule has 0 saturated heterocycles. The largest absolute Gasteiger partial charge is 0.462 e. The SMILES string of the molecule is CC(C)C1=C2[C@H]3CC[C@@H]4[C@@]5(C)CC[C@H](OC(=O)CC(C)(C)C(=O)OC(C)(C)C)C(C)(C)[C@@H]5CC[C@@]4(C)[C@]3(C)CC[C@@]2(C=CC(=O)N[C@@H](C)c2ccccc2Cl)CC1=O. The molecule has 6 rings (SSSR count). The number of allylic oxidation sites excluding steroid dienone is 3. The van der Waals surface area contributed by atoms with Crippen LogP contribution in [0.2, 0.25) is 5.02 Å². The number of esters is 2. The summed E-state index contributed by atoms with van der Waals surface area (Å²) in [5.41, 5.74) is 1.01. The van der Waals surface area contributed by atoms with E-state index in [2.05, 4.69) is 59.9 Å². The van der Waals surface area contributed by atoms with Crippen LogP contribution in [0.5, 0.6) is 0 Å². The Labute approximate surface area is 354 Å². The van der Waals surface area contributed by atoms with Gasteiger partial charge in [0.15, 0.2) is 5.78 Å². The third kappa shape index (κ3) is 7.55. The molecular weight excluding hydrogens is 746 g/mol. The minimum absolute atomic E-state index is 0.0110. The van der Waals surface area contributed by atoms with Gasteiger partial charge in [-0.05, 0) is 162 Å². The highest BCUT2D eigenvalue weighted by Gasteiger charge is 2.70. The summed E-state index contributed by atoms with van der Waals surface area (Å²) < 4.78 is 12.0. The van der Waals surface area contributed by atoms with Crippen LogP contribution in [0.3, 0.4) is 0 Å². The van der Waals surface area contributed by atoms with Crippen molar-refractivity contribution in [2.45, 2.75) is 172 Å². The van der Waals surface area contributed by atoms with Crippen molar-refractivity contribution in [3.05, 3.63) is 58.1 Å². The Morgan fingerprint density at radius 3 is 2.19 bits per heavy atom. The molecule has 8 heteroatoms. The fourth-order valence-corrected chi connectivity index (χ4v) is 13.8. The number of Topliss-reactive ketones (excluding diaryl/α,β-unsaturated/α-hetero) is 1. The van der Waals surface area contributed by atoms with E-state index < -0.39 is 16.4 Å². The molecule has 7 nitrogen and oxygen atoms in total. The summed E-state index contributed by atoms with van der Waals surface area (Å²) in [6.07, 6.45) is 11.9. The number of ether oxygens (including phenoxy) is 2. The lowest BCUT2D eigenvalue weighted by Gasteiger charge is -2.72. The summed E-state index contributed by atoms with van der Waals surface area (Å²) in [7, 11) is 0. The summed E-state index contributed by atoms with van der Waals surface area (Å²) in [4.78, 5) is 54.1. The van der Waals surface area contributed by atoms with Gasteiger partial charge in [-0.25, -0.2) is 0 Å². The highest BCUT2D eigenvalue weighted by Crippen LogP contribution is 2.77. The first-order valence-electron chi connectivity index (χ1n) is 22.2. The number of nitrogens with one attached hydrogen (secondary N) is 1. The molecule has 4 saturated carbocycles. The van der Waals surface area contributed by atoms with Crippen LogP contribution in [-0.4, -0.2) is 35.3 Å². The van der Waals surface area contributed by atoms with Gasteiger partial charge in [0.2, 0.25) is 5.91 Å². The van der Waals surface area contributed by atoms with Crippen molar-refractivity contribution in [3.63, 3.8) is 0 Å². The number of carbonyl (C=O) groups is 4. The number of carbonyl (C=O) groups excluding carboxylic acids is 4. The van der Waals surface area contributed by atoms with Crippen molar-refractivity contribution in [1.29, 1.82) is 0 Å². The van der Waals surface area contributed by atoms with Crippen LogP contribution in [-0.2, 0) is 28.7 Å². The lowest BCUT2D eigenvalue weighted by Crippen LogP contribution is -2.65. The predicted molar refractivity (Wildman–Crippen MR) is 231 cm³/mol. The van der Waals surface area contributed by atoms with Crippen LogP contribution in [0, 0.1) is 56.2 Å². The smallest absolute Gasteiger partial charge is 0.312 e. The second kappa shape index (κ2) is 15.2. The molecule has 320 valence electrons. The number of hydrogen-bond donors (Lipinski definition) is 1. The summed E-state index contributed by atoms with van der Waals surface area (Å²) in [5.74, 6) is 0.595. The number of benzene rings is 1. The van der Waals surface area contributed by atoms with Gasteiger partial charge in [0.25, 0.3) is 0 Å². The zero-order valence-electron chi connectivity index (χ0n) is 37.8. The second-order valence-corrected chi connectivity index (χ2v) is 22.7. The predicted octanol–water partition coefficient (Wildman–Crippen LogP) is 11.7. The van der Waals surface area contributed by atoms with E-state index in [1.54, 1.807) is 19.9 Å². The van der Waals surface area contributed by atoms with Crippen LogP contribution < -0.4 is 5.32 Å². The number of amides is 1. The van der Waals surface area contributed by atoms with Crippen LogP contribution in [0.15, 0.2) is 47.6 Å². The Morgan fingerprint density at radius 2 is 1.55 bits per heavy atom. The van der Waals surface area contributed by atoms with Crippen molar-refractivity contribution in [1.82, 2.24) is 5.32 Å². The zero-order chi connectivity index (χ0) is 43.0. The van der Waals surface area contributed by atoms with E-state index in [1.165, 1.54) is 5.57 Å². The standard InChI is InChI=1S/C50H72ClNO6/c1-30(2)41-35(53)28-50(25-22-39(54)52-31(3)32-16-14-15-17-34(32)51)27-26-48(12)33(42(41)50)18-19-37-47(11)23-21-38(46(9,10)36(47)20-24-49(37,48)13)57-40(55)29-45(7,8)43(56)58-44(4,5)6/h14-17,22,25,30-31,33,36-38H,18-21,23-24,26-29H2,1-13H3,(H,52,54)/t31-,33+,36-,37+,38-,47-,48+,49+,50-/m0/s1. The van der Waals surface area contributed by atoms with Gasteiger partial charge >= 0.3 is 11.9 Å². The van der Waals surface area contributed by atoms with E-state index in [1.807, 2.05) is 52.0 Å². The molecule has 0 heterocycles. The molecule has 0 bridgehead atoms. The maximum Gasteiger partial charge on any atom is 0.312 e. The van der Waals surface area contributed by atoms with Gasteiger partial charge in [0.05, 0.1) is 17.9 Å². The minimum Gasteiger partial charge on any atom is -0.462 e. The molecule has 0 radical (unpaired) electrons. The highest BCUT2D eigenvalue weighted by molar-refractivity contribution is 6.31. The van der Waals surface area contributed by atoms with Gasteiger partial charge in [-0.2, -0.15) is 0 Å². The van der Waals surface area contributed by atoms with E-state index in [9.17, 15) is 19.2 Å². The average molecular weight is 819 g/mol. The van der Waals surface area contributed by atoms with Crippen molar-refractivity contribution in [2.75, 3.05) is 0 Å². The molecule has 1 amide bonds. The summed E-state index contributed by atoms with van der Waals surface area (Å²) in [6, 6.07) is 7.34. The number of halogens is 1. The lowest BCUT2D eigenvalue weighted by molar-refractivity contribution is -0.232. The van der Waals surface area contributed by atoms with E-state index >= 15 is 0 Å². The minimum atomic E-state index is -0.983. The van der Waals surface area contributed by atoms with Crippen LogP contribution in [0.1, 0.15) is 166 Å². The molecule has 0 aliphatic heterocycles. The Bertz CT molecular complexity index is 1880. The number of fused-ring (bicyclic) bond motifs is 7. The average Bonchev–Trinajstić information content (AvgIpc) is 3.40. The first kappa shape index (κ1) is 44.6. The molecule has 58 heavy (non-hydrogen) atoms. The second-order valence-electron chi connectivity index (χ2n) is 22.3. The Morgan fingerprint density at radius 1 is 0.879 bits per heavy atom. The maximum absolute atomic E-state index is 14.1. The van der Waals surface area contributed by atoms with Gasteiger partial charge in [-0.3, -0.25) is 19.2 Å². The summed E-state index contributed by atoms with van der Waals surface area (Å²) >= 11 is 6.46. The molecule has 0 aromatic heterocycles.